The van der Waals surface area contributed by atoms with Crippen molar-refractivity contribution in [2.75, 3.05) is 13.7 Å². The van der Waals surface area contributed by atoms with E-state index in [1.54, 1.807) is 7.11 Å². The average molecular weight is 277 g/mol. The van der Waals surface area contributed by atoms with E-state index in [0.717, 1.165) is 28.0 Å². The second kappa shape index (κ2) is 6.77. The lowest BCUT2D eigenvalue weighted by atomic mass is 10.1. The number of nitrogens with one attached hydrogen (secondary N) is 1. The minimum absolute atomic E-state index is 0.414. The van der Waals surface area contributed by atoms with E-state index in [1.165, 1.54) is 0 Å². The average Bonchev–Trinajstić information content (AvgIpc) is 2.75. The first-order chi connectivity index (χ1) is 9.65. The van der Waals surface area contributed by atoms with Gasteiger partial charge in [-0.25, -0.2) is 0 Å². The van der Waals surface area contributed by atoms with Crippen LogP contribution in [0.2, 0.25) is 0 Å². The summed E-state index contributed by atoms with van der Waals surface area (Å²) in [6.07, 6.45) is 0. The summed E-state index contributed by atoms with van der Waals surface area (Å²) in [5.74, 6) is 1.80. The molecule has 2 rings (SSSR count). The fourth-order valence-corrected chi connectivity index (χ4v) is 2.18. The fourth-order valence-electron chi connectivity index (χ4n) is 2.18. The maximum atomic E-state index is 5.94. The van der Waals surface area contributed by atoms with Crippen molar-refractivity contribution in [2.24, 2.45) is 0 Å². The summed E-state index contributed by atoms with van der Waals surface area (Å²) >= 11 is 0. The summed E-state index contributed by atoms with van der Waals surface area (Å²) in [6, 6.07) is 6.33. The number of ether oxygens (including phenoxy) is 2. The summed E-state index contributed by atoms with van der Waals surface area (Å²) in [5.41, 5.74) is 1.97. The quantitative estimate of drug-likeness (QED) is 0.841. The number of benzene rings is 1. The summed E-state index contributed by atoms with van der Waals surface area (Å²) in [6.45, 7) is 8.11. The predicted octanol–water partition coefficient (Wildman–Crippen LogP) is 3.48. The molecule has 0 aliphatic rings. The van der Waals surface area contributed by atoms with Crippen LogP contribution in [0.4, 0.5) is 0 Å². The zero-order chi connectivity index (χ0) is 14.5. The fraction of sp³-hybridized carbons (Fsp3) is 0.500. The first-order valence-corrected chi connectivity index (χ1v) is 7.05. The zero-order valence-electron chi connectivity index (χ0n) is 12.7. The second-order valence-electron chi connectivity index (χ2n) is 5.06. The van der Waals surface area contributed by atoms with Crippen molar-refractivity contribution < 1.29 is 13.9 Å². The molecule has 0 unspecified atom stereocenters. The Morgan fingerprint density at radius 3 is 2.75 bits per heavy atom. The second-order valence-corrected chi connectivity index (χ2v) is 5.06. The molecule has 0 aliphatic heterocycles. The molecule has 0 radical (unpaired) electrons. The van der Waals surface area contributed by atoms with Crippen LogP contribution < -0.4 is 10.1 Å². The lowest BCUT2D eigenvalue weighted by Gasteiger charge is -2.07. The van der Waals surface area contributed by atoms with Crippen molar-refractivity contribution in [3.05, 3.63) is 29.5 Å². The van der Waals surface area contributed by atoms with Crippen molar-refractivity contribution in [3.8, 4) is 5.75 Å². The van der Waals surface area contributed by atoms with Crippen molar-refractivity contribution in [1.82, 2.24) is 5.32 Å². The Bertz CT molecular complexity index is 560. The summed E-state index contributed by atoms with van der Waals surface area (Å²) in [4.78, 5) is 0. The topological polar surface area (TPSA) is 43.6 Å². The van der Waals surface area contributed by atoms with E-state index in [1.807, 2.05) is 25.1 Å². The lowest BCUT2D eigenvalue weighted by Crippen LogP contribution is -2.22. The minimum atomic E-state index is 0.414. The Morgan fingerprint density at radius 1 is 1.30 bits per heavy atom. The molecule has 0 spiro atoms. The Kier molecular flexibility index (Phi) is 5.04. The van der Waals surface area contributed by atoms with Gasteiger partial charge in [0, 0.05) is 24.1 Å². The van der Waals surface area contributed by atoms with Crippen molar-refractivity contribution in [2.45, 2.75) is 40.0 Å². The molecular formula is C16H23NO3. The summed E-state index contributed by atoms with van der Waals surface area (Å²) < 4.78 is 16.8. The van der Waals surface area contributed by atoms with Crippen molar-refractivity contribution in [1.29, 1.82) is 0 Å². The molecule has 0 amide bonds. The largest absolute Gasteiger partial charge is 0.494 e. The van der Waals surface area contributed by atoms with Crippen LogP contribution in [0.15, 0.2) is 22.6 Å². The molecule has 0 bridgehead atoms. The van der Waals surface area contributed by atoms with E-state index in [0.29, 0.717) is 25.8 Å². The third kappa shape index (κ3) is 3.32. The summed E-state index contributed by atoms with van der Waals surface area (Å²) in [7, 11) is 1.70. The molecule has 4 nitrogen and oxygen atoms in total. The van der Waals surface area contributed by atoms with Crippen LogP contribution in [0, 0.1) is 0 Å². The van der Waals surface area contributed by atoms with Gasteiger partial charge in [-0.2, -0.15) is 0 Å². The molecular weight excluding hydrogens is 254 g/mol. The number of rotatable bonds is 7. The molecule has 1 aromatic carbocycles. The highest BCUT2D eigenvalue weighted by molar-refractivity contribution is 5.83. The third-order valence-corrected chi connectivity index (χ3v) is 3.12. The van der Waals surface area contributed by atoms with Gasteiger partial charge in [-0.15, -0.1) is 0 Å². The van der Waals surface area contributed by atoms with Crippen LogP contribution in [0.3, 0.4) is 0 Å². The monoisotopic (exact) mass is 277 g/mol. The van der Waals surface area contributed by atoms with Crippen LogP contribution in [0.25, 0.3) is 11.0 Å². The molecule has 4 heteroatoms. The molecule has 1 N–H and O–H groups in total. The predicted molar refractivity (Wildman–Crippen MR) is 80.1 cm³/mol. The van der Waals surface area contributed by atoms with Gasteiger partial charge in [0.05, 0.1) is 19.8 Å². The highest BCUT2D eigenvalue weighted by atomic mass is 16.5. The van der Waals surface area contributed by atoms with Crippen molar-refractivity contribution >= 4 is 11.0 Å². The Morgan fingerprint density at radius 2 is 2.10 bits per heavy atom. The molecule has 1 aromatic heterocycles. The molecule has 0 saturated carbocycles. The van der Waals surface area contributed by atoms with Crippen molar-refractivity contribution in [3.63, 3.8) is 0 Å². The van der Waals surface area contributed by atoms with Gasteiger partial charge in [0.1, 0.15) is 17.1 Å². The van der Waals surface area contributed by atoms with Crippen LogP contribution in [0.1, 0.15) is 32.1 Å². The van der Waals surface area contributed by atoms with Gasteiger partial charge in [-0.3, -0.25) is 0 Å². The van der Waals surface area contributed by atoms with Gasteiger partial charge >= 0.3 is 0 Å². The number of hydrogen-bond acceptors (Lipinski definition) is 4. The van der Waals surface area contributed by atoms with E-state index < -0.39 is 0 Å². The Balaban J connectivity index is 2.38. The Labute approximate surface area is 120 Å². The molecule has 20 heavy (non-hydrogen) atoms. The van der Waals surface area contributed by atoms with Crippen LogP contribution >= 0.6 is 0 Å². The minimum Gasteiger partial charge on any atom is -0.494 e. The van der Waals surface area contributed by atoms with E-state index >= 15 is 0 Å². The van der Waals surface area contributed by atoms with Gasteiger partial charge in [0.15, 0.2) is 0 Å². The van der Waals surface area contributed by atoms with Gasteiger partial charge in [-0.1, -0.05) is 13.8 Å². The number of hydrogen-bond donors (Lipinski definition) is 1. The van der Waals surface area contributed by atoms with Crippen LogP contribution in [-0.2, 0) is 17.9 Å². The molecule has 0 saturated heterocycles. The maximum Gasteiger partial charge on any atom is 0.135 e. The SMILES string of the molecule is CCOc1ccc2oc(CNC(C)C)c(COC)c2c1. The molecule has 1 heterocycles. The third-order valence-electron chi connectivity index (χ3n) is 3.12. The molecule has 0 aliphatic carbocycles. The maximum absolute atomic E-state index is 5.94. The number of furan rings is 1. The molecule has 110 valence electrons. The van der Waals surface area contributed by atoms with E-state index in [-0.39, 0.29) is 0 Å². The lowest BCUT2D eigenvalue weighted by molar-refractivity contribution is 0.183. The smallest absolute Gasteiger partial charge is 0.135 e. The van der Waals surface area contributed by atoms with Crippen LogP contribution in [-0.4, -0.2) is 19.8 Å². The van der Waals surface area contributed by atoms with E-state index in [4.69, 9.17) is 13.9 Å². The molecule has 0 atom stereocenters. The highest BCUT2D eigenvalue weighted by Crippen LogP contribution is 2.30. The van der Waals surface area contributed by atoms with Gasteiger partial charge in [0.25, 0.3) is 0 Å². The van der Waals surface area contributed by atoms with E-state index in [9.17, 15) is 0 Å². The first kappa shape index (κ1) is 14.9. The number of methoxy groups -OCH3 is 1. The summed E-state index contributed by atoms with van der Waals surface area (Å²) in [5, 5.41) is 4.45. The van der Waals surface area contributed by atoms with Gasteiger partial charge < -0.3 is 19.2 Å². The Hall–Kier alpha value is -1.52. The first-order valence-electron chi connectivity index (χ1n) is 7.05. The highest BCUT2D eigenvalue weighted by Gasteiger charge is 2.15. The molecule has 2 aromatic rings. The van der Waals surface area contributed by atoms with Gasteiger partial charge in [0.2, 0.25) is 0 Å². The standard InChI is InChI=1S/C16H23NO3/c1-5-19-12-6-7-15-13(8-12)14(10-18-4)16(20-15)9-17-11(2)3/h6-8,11,17H,5,9-10H2,1-4H3. The van der Waals surface area contributed by atoms with Crippen LogP contribution in [0.5, 0.6) is 5.75 Å². The normalized spacial score (nSPS) is 11.4. The zero-order valence-corrected chi connectivity index (χ0v) is 12.7. The van der Waals surface area contributed by atoms with E-state index in [2.05, 4.69) is 19.2 Å². The van der Waals surface area contributed by atoms with Gasteiger partial charge in [-0.05, 0) is 25.1 Å². The number of fused-ring (bicyclic) bond motifs is 1. The molecule has 0 fully saturated rings.